The summed E-state index contributed by atoms with van der Waals surface area (Å²) in [6.45, 7) is 2.91. The number of fused-ring (bicyclic) bond motifs is 1. The van der Waals surface area contributed by atoms with Crippen molar-refractivity contribution in [3.8, 4) is 0 Å². The van der Waals surface area contributed by atoms with Crippen molar-refractivity contribution in [3.05, 3.63) is 69.8 Å². The predicted molar refractivity (Wildman–Crippen MR) is 103 cm³/mol. The van der Waals surface area contributed by atoms with Crippen LogP contribution in [0.4, 0.5) is 0 Å². The molecule has 1 aromatic rings. The van der Waals surface area contributed by atoms with Gasteiger partial charge in [-0.2, -0.15) is 0 Å². The highest BCUT2D eigenvalue weighted by atomic mass is 35.5. The molecule has 1 aliphatic heterocycles. The second kappa shape index (κ2) is 6.66. The van der Waals surface area contributed by atoms with Gasteiger partial charge in [-0.25, -0.2) is 0 Å². The van der Waals surface area contributed by atoms with Crippen molar-refractivity contribution in [1.29, 1.82) is 0 Å². The van der Waals surface area contributed by atoms with Crippen LogP contribution in [0.1, 0.15) is 24.8 Å². The van der Waals surface area contributed by atoms with Crippen LogP contribution in [0.25, 0.3) is 0 Å². The molecule has 1 aromatic carbocycles. The van der Waals surface area contributed by atoms with Gasteiger partial charge in [0.1, 0.15) is 0 Å². The first kappa shape index (κ1) is 16.9. The van der Waals surface area contributed by atoms with E-state index in [2.05, 4.69) is 42.6 Å². The fourth-order valence-corrected chi connectivity index (χ4v) is 5.06. The number of rotatable bonds is 2. The lowest BCUT2D eigenvalue weighted by Gasteiger charge is -2.42. The van der Waals surface area contributed by atoms with E-state index in [1.54, 1.807) is 0 Å². The molecule has 1 unspecified atom stereocenters. The first-order valence-corrected chi connectivity index (χ1v) is 9.55. The molecule has 1 saturated heterocycles. The molecule has 2 aliphatic carbocycles. The summed E-state index contributed by atoms with van der Waals surface area (Å²) >= 11 is 12.2. The smallest absolute Gasteiger partial charge is 0.227 e. The molecule has 3 aliphatic rings. The molecule has 1 amide bonds. The molecular formula is C21H21Cl2NO. The third kappa shape index (κ3) is 3.07. The molecule has 0 bridgehead atoms. The number of amides is 1. The first-order valence-electron chi connectivity index (χ1n) is 8.80. The van der Waals surface area contributed by atoms with Crippen molar-refractivity contribution in [1.82, 2.24) is 5.32 Å². The summed E-state index contributed by atoms with van der Waals surface area (Å²) in [5.41, 5.74) is 2.57. The minimum absolute atomic E-state index is 0.0244. The van der Waals surface area contributed by atoms with Gasteiger partial charge in [0.05, 0.1) is 5.92 Å². The second-order valence-electron chi connectivity index (χ2n) is 7.30. The van der Waals surface area contributed by atoms with E-state index >= 15 is 0 Å². The van der Waals surface area contributed by atoms with E-state index in [9.17, 15) is 4.79 Å². The van der Waals surface area contributed by atoms with Crippen molar-refractivity contribution in [2.75, 3.05) is 6.54 Å². The molecule has 4 rings (SSSR count). The summed E-state index contributed by atoms with van der Waals surface area (Å²) in [6, 6.07) is 8.14. The molecule has 0 saturated carbocycles. The van der Waals surface area contributed by atoms with Gasteiger partial charge in [0, 0.05) is 16.6 Å². The average Bonchev–Trinajstić information content (AvgIpc) is 2.96. The van der Waals surface area contributed by atoms with Gasteiger partial charge >= 0.3 is 0 Å². The molecule has 0 radical (unpaired) electrons. The molecular weight excluding hydrogens is 353 g/mol. The van der Waals surface area contributed by atoms with Crippen LogP contribution in [-0.4, -0.2) is 12.5 Å². The molecule has 0 aromatic heterocycles. The fourth-order valence-electron chi connectivity index (χ4n) is 4.77. The Morgan fingerprint density at radius 3 is 2.56 bits per heavy atom. The third-order valence-corrected chi connectivity index (χ3v) is 6.43. The second-order valence-corrected chi connectivity index (χ2v) is 8.17. The Labute approximate surface area is 158 Å². The van der Waals surface area contributed by atoms with E-state index in [0.717, 1.165) is 23.0 Å². The van der Waals surface area contributed by atoms with Gasteiger partial charge in [0.2, 0.25) is 5.91 Å². The predicted octanol–water partition coefficient (Wildman–Crippen LogP) is 5.06. The van der Waals surface area contributed by atoms with Gasteiger partial charge in [-0.3, -0.25) is 4.79 Å². The van der Waals surface area contributed by atoms with Gasteiger partial charge < -0.3 is 5.32 Å². The van der Waals surface area contributed by atoms with Crippen LogP contribution in [0.3, 0.4) is 0 Å². The highest BCUT2D eigenvalue weighted by Gasteiger charge is 2.47. The van der Waals surface area contributed by atoms with Crippen molar-refractivity contribution in [2.45, 2.75) is 19.3 Å². The zero-order chi connectivity index (χ0) is 17.6. The van der Waals surface area contributed by atoms with Crippen molar-refractivity contribution >= 4 is 29.1 Å². The van der Waals surface area contributed by atoms with Gasteiger partial charge in [0.15, 0.2) is 0 Å². The number of carbonyl (C=O) groups excluding carboxylic acids is 1. The Morgan fingerprint density at radius 2 is 1.88 bits per heavy atom. The topological polar surface area (TPSA) is 29.1 Å². The maximum atomic E-state index is 12.3. The number of hydrogen-bond donors (Lipinski definition) is 1. The third-order valence-electron chi connectivity index (χ3n) is 5.90. The summed E-state index contributed by atoms with van der Waals surface area (Å²) in [5.74, 6) is 1.49. The van der Waals surface area contributed by atoms with E-state index in [-0.39, 0.29) is 17.7 Å². The molecule has 1 fully saturated rings. The Bertz CT molecular complexity index is 778. The molecule has 1 heterocycles. The number of halogens is 2. The molecule has 25 heavy (non-hydrogen) atoms. The Hall–Kier alpha value is -1.51. The van der Waals surface area contributed by atoms with Crippen LogP contribution >= 0.6 is 23.2 Å². The Kier molecular flexibility index (Phi) is 4.51. The summed E-state index contributed by atoms with van der Waals surface area (Å²) in [5, 5.41) is 4.62. The maximum absolute atomic E-state index is 12.3. The minimum atomic E-state index is -0.0244. The number of allylic oxidation sites excluding steroid dienone is 5. The highest BCUT2D eigenvalue weighted by molar-refractivity contribution is 6.31. The molecule has 2 nitrogen and oxygen atoms in total. The SMILES string of the molecule is CC1=C[C@H]2C(=O)NC[C@H]2[C@@H](c2ccc(Cl)cc2)[C@H]1C1C=CC(Cl)=CC1. The number of nitrogens with one attached hydrogen (secondary N) is 1. The van der Waals surface area contributed by atoms with E-state index in [1.807, 2.05) is 18.2 Å². The van der Waals surface area contributed by atoms with Crippen LogP contribution in [0.15, 0.2) is 59.2 Å². The standard InChI is InChI=1S/C21H21Cl2NO/c1-12-10-17-18(11-24-21(17)25)20(14-4-8-16(23)9-5-14)19(12)13-2-6-15(22)7-3-13/h2,4-10,13,17-20H,3,11H2,1H3,(H,24,25)/t13?,17-,18-,19-,20-/m1/s1. The lowest BCUT2D eigenvalue weighted by Crippen LogP contribution is -2.36. The quantitative estimate of drug-likeness (QED) is 0.721. The van der Waals surface area contributed by atoms with Crippen LogP contribution in [0.5, 0.6) is 0 Å². The molecule has 0 spiro atoms. The van der Waals surface area contributed by atoms with E-state index in [4.69, 9.17) is 23.2 Å². The van der Waals surface area contributed by atoms with Gasteiger partial charge in [-0.1, -0.05) is 59.1 Å². The highest BCUT2D eigenvalue weighted by Crippen LogP contribution is 2.50. The molecule has 4 heteroatoms. The largest absolute Gasteiger partial charge is 0.355 e. The lowest BCUT2D eigenvalue weighted by atomic mass is 9.61. The number of hydrogen-bond acceptors (Lipinski definition) is 1. The fraction of sp³-hybridized carbons (Fsp3) is 0.381. The molecule has 1 N–H and O–H groups in total. The zero-order valence-electron chi connectivity index (χ0n) is 14.1. The van der Waals surface area contributed by atoms with Crippen molar-refractivity contribution in [2.24, 2.45) is 23.7 Å². The van der Waals surface area contributed by atoms with Gasteiger partial charge in [-0.05, 0) is 60.8 Å². The normalized spacial score (nSPS) is 34.2. The van der Waals surface area contributed by atoms with Crippen molar-refractivity contribution in [3.63, 3.8) is 0 Å². The van der Waals surface area contributed by atoms with Crippen molar-refractivity contribution < 1.29 is 4.79 Å². The Morgan fingerprint density at radius 1 is 1.12 bits per heavy atom. The van der Waals surface area contributed by atoms with E-state index < -0.39 is 0 Å². The summed E-state index contributed by atoms with van der Waals surface area (Å²) in [7, 11) is 0. The van der Waals surface area contributed by atoms with Gasteiger partial charge in [-0.15, -0.1) is 0 Å². The van der Waals surface area contributed by atoms with Crippen LogP contribution in [0.2, 0.25) is 5.02 Å². The minimum Gasteiger partial charge on any atom is -0.355 e. The molecule has 130 valence electrons. The summed E-state index contributed by atoms with van der Waals surface area (Å²) in [4.78, 5) is 12.3. The average molecular weight is 374 g/mol. The monoisotopic (exact) mass is 373 g/mol. The number of carbonyl (C=O) groups is 1. The van der Waals surface area contributed by atoms with E-state index in [1.165, 1.54) is 11.1 Å². The lowest BCUT2D eigenvalue weighted by molar-refractivity contribution is -0.121. The summed E-state index contributed by atoms with van der Waals surface area (Å²) < 4.78 is 0. The van der Waals surface area contributed by atoms with Crippen LogP contribution in [0, 0.1) is 23.7 Å². The van der Waals surface area contributed by atoms with Crippen LogP contribution in [-0.2, 0) is 4.79 Å². The molecule has 5 atom stereocenters. The first-order chi connectivity index (χ1) is 12.0. The summed E-state index contributed by atoms with van der Waals surface area (Å²) in [6.07, 6.45) is 9.47. The Balaban J connectivity index is 1.77. The number of benzene rings is 1. The van der Waals surface area contributed by atoms with Gasteiger partial charge in [0.25, 0.3) is 0 Å². The zero-order valence-corrected chi connectivity index (χ0v) is 15.6. The maximum Gasteiger partial charge on any atom is 0.227 e. The van der Waals surface area contributed by atoms with Crippen LogP contribution < -0.4 is 5.32 Å². The van der Waals surface area contributed by atoms with E-state index in [0.29, 0.717) is 17.8 Å².